The maximum Gasteiger partial charge on any atom is 0.445 e. The predicted octanol–water partition coefficient (Wildman–Crippen LogP) is -0.191. The molecule has 0 aromatic heterocycles. The molecule has 1 atom stereocenters. The van der Waals surface area contributed by atoms with E-state index < -0.39 is 23.8 Å². The van der Waals surface area contributed by atoms with Crippen LogP contribution in [0.3, 0.4) is 0 Å². The minimum absolute atomic E-state index is 0.251. The van der Waals surface area contributed by atoms with E-state index in [0.717, 1.165) is 4.90 Å². The Hall–Kier alpha value is -2.31. The highest BCUT2D eigenvalue weighted by molar-refractivity contribution is 6.26. The summed E-state index contributed by atoms with van der Waals surface area (Å²) in [6, 6.07) is -0.442. The summed E-state index contributed by atoms with van der Waals surface area (Å²) in [5.74, 6) is -1.35. The van der Waals surface area contributed by atoms with Crippen molar-refractivity contribution >= 4 is 29.5 Å². The summed E-state index contributed by atoms with van der Waals surface area (Å²) in [5.41, 5.74) is 0.677. The topological polar surface area (TPSA) is 79.1 Å². The van der Waals surface area contributed by atoms with E-state index in [4.69, 9.17) is 0 Å². The Balaban J connectivity index is 2.57. The van der Waals surface area contributed by atoms with Gasteiger partial charge < -0.3 is 4.74 Å². The zero-order valence-electron chi connectivity index (χ0n) is 11.1. The summed E-state index contributed by atoms with van der Waals surface area (Å²) < 4.78 is 5.95. The van der Waals surface area contributed by atoms with Crippen molar-refractivity contribution in [2.75, 3.05) is 21.2 Å². The molecule has 2 heterocycles. The van der Waals surface area contributed by atoms with E-state index in [-0.39, 0.29) is 5.57 Å². The lowest BCUT2D eigenvalue weighted by Gasteiger charge is -2.24. The number of ether oxygens (including phenoxy) is 1. The Morgan fingerprint density at radius 2 is 2.11 bits per heavy atom. The van der Waals surface area contributed by atoms with Crippen molar-refractivity contribution in [3.8, 4) is 0 Å². The highest BCUT2D eigenvalue weighted by Gasteiger charge is 2.45. The van der Waals surface area contributed by atoms with Crippen LogP contribution in [0.4, 0.5) is 4.79 Å². The number of hydrogen-bond donors (Lipinski definition) is 0. The minimum Gasteiger partial charge on any atom is -0.465 e. The second-order valence-electron chi connectivity index (χ2n) is 4.34. The molecule has 0 aromatic carbocycles. The Morgan fingerprint density at radius 3 is 2.68 bits per heavy atom. The lowest BCUT2D eigenvalue weighted by molar-refractivity contribution is -0.407. The Morgan fingerprint density at radius 1 is 1.47 bits per heavy atom. The van der Waals surface area contributed by atoms with Crippen LogP contribution in [0.5, 0.6) is 0 Å². The first kappa shape index (κ1) is 13.1. The molecule has 0 N–H and O–H groups in total. The summed E-state index contributed by atoms with van der Waals surface area (Å²) in [6.45, 7) is 1.63. The normalized spacial score (nSPS) is 22.9. The molecular formula is C12H14N3O4+. The summed E-state index contributed by atoms with van der Waals surface area (Å²) in [6.07, 6.45) is 1.49. The average Bonchev–Trinajstić information content (AvgIpc) is 2.41. The van der Waals surface area contributed by atoms with Crippen molar-refractivity contribution < 1.29 is 23.7 Å². The van der Waals surface area contributed by atoms with Crippen LogP contribution in [-0.2, 0) is 14.3 Å². The number of rotatable bonds is 1. The van der Waals surface area contributed by atoms with Gasteiger partial charge in [0, 0.05) is 0 Å². The number of nitrogens with zero attached hydrogens (tertiary/aromatic N) is 3. The van der Waals surface area contributed by atoms with Gasteiger partial charge in [-0.2, -0.15) is 9.48 Å². The molecule has 0 fully saturated rings. The Bertz CT molecular complexity index is 586. The van der Waals surface area contributed by atoms with Crippen LogP contribution < -0.4 is 0 Å². The molecule has 1 unspecified atom stereocenters. The molecule has 2 aliphatic heterocycles. The molecule has 0 radical (unpaired) electrons. The van der Waals surface area contributed by atoms with Gasteiger partial charge in [-0.15, -0.1) is 4.99 Å². The van der Waals surface area contributed by atoms with Gasteiger partial charge >= 0.3 is 17.9 Å². The fourth-order valence-electron chi connectivity index (χ4n) is 2.08. The number of imide groups is 1. The number of carbonyl (C=O) groups is 3. The van der Waals surface area contributed by atoms with Crippen molar-refractivity contribution in [1.82, 2.24) is 4.90 Å². The summed E-state index contributed by atoms with van der Waals surface area (Å²) in [5, 5.41) is 0. The van der Waals surface area contributed by atoms with Crippen LogP contribution >= 0.6 is 0 Å². The van der Waals surface area contributed by atoms with E-state index in [9.17, 15) is 14.4 Å². The molecule has 100 valence electrons. The van der Waals surface area contributed by atoms with Crippen LogP contribution in [-0.4, -0.2) is 60.1 Å². The van der Waals surface area contributed by atoms with Crippen LogP contribution in [0.1, 0.15) is 6.92 Å². The number of methoxy groups -OCH3 is 1. The molecule has 3 amide bonds. The van der Waals surface area contributed by atoms with Gasteiger partial charge in [0.15, 0.2) is 5.92 Å². The molecule has 0 spiro atoms. The summed E-state index contributed by atoms with van der Waals surface area (Å²) in [4.78, 5) is 40.7. The maximum atomic E-state index is 12.1. The zero-order chi connectivity index (χ0) is 14.3. The first-order valence-corrected chi connectivity index (χ1v) is 5.66. The van der Waals surface area contributed by atoms with Crippen molar-refractivity contribution in [3.05, 3.63) is 11.6 Å². The molecule has 7 nitrogen and oxygen atoms in total. The molecular weight excluding hydrogens is 250 g/mol. The van der Waals surface area contributed by atoms with Gasteiger partial charge in [0.05, 0.1) is 26.8 Å². The van der Waals surface area contributed by atoms with Crippen LogP contribution in [0, 0.1) is 5.92 Å². The lowest BCUT2D eigenvalue weighted by Crippen LogP contribution is -2.52. The van der Waals surface area contributed by atoms with Gasteiger partial charge in [0.2, 0.25) is 0 Å². The fourth-order valence-corrected chi connectivity index (χ4v) is 2.08. The zero-order valence-corrected chi connectivity index (χ0v) is 11.1. The molecule has 19 heavy (non-hydrogen) atoms. The molecule has 0 aliphatic carbocycles. The van der Waals surface area contributed by atoms with Crippen molar-refractivity contribution in [1.29, 1.82) is 0 Å². The van der Waals surface area contributed by atoms with Crippen LogP contribution in [0.2, 0.25) is 0 Å². The van der Waals surface area contributed by atoms with Gasteiger partial charge in [-0.3, -0.25) is 4.79 Å². The number of hydrogen-bond acceptors (Lipinski definition) is 5. The van der Waals surface area contributed by atoms with Crippen molar-refractivity contribution in [3.63, 3.8) is 0 Å². The molecule has 0 bridgehead atoms. The third kappa shape index (κ3) is 1.87. The summed E-state index contributed by atoms with van der Waals surface area (Å²) in [7, 11) is 4.20. The highest BCUT2D eigenvalue weighted by atomic mass is 16.5. The van der Waals surface area contributed by atoms with Crippen molar-refractivity contribution in [2.24, 2.45) is 10.9 Å². The second kappa shape index (κ2) is 4.42. The van der Waals surface area contributed by atoms with Gasteiger partial charge in [0.25, 0.3) is 5.84 Å². The van der Waals surface area contributed by atoms with Gasteiger partial charge in [-0.1, -0.05) is 0 Å². The predicted molar refractivity (Wildman–Crippen MR) is 66.1 cm³/mol. The number of amides is 3. The number of amidine groups is 1. The fraction of sp³-hybridized carbons (Fsp3) is 0.417. The second-order valence-corrected chi connectivity index (χ2v) is 4.34. The highest BCUT2D eigenvalue weighted by Crippen LogP contribution is 2.22. The third-order valence-corrected chi connectivity index (χ3v) is 3.20. The minimum atomic E-state index is -0.731. The molecule has 2 aliphatic rings. The number of esters is 1. The number of aliphatic imine (C=N–C) groups is 1. The Labute approximate surface area is 109 Å². The molecule has 0 aromatic rings. The first-order valence-electron chi connectivity index (χ1n) is 5.66. The van der Waals surface area contributed by atoms with E-state index >= 15 is 0 Å². The summed E-state index contributed by atoms with van der Waals surface area (Å²) >= 11 is 0. The van der Waals surface area contributed by atoms with E-state index in [2.05, 4.69) is 9.73 Å². The first-order chi connectivity index (χ1) is 8.88. The lowest BCUT2D eigenvalue weighted by atomic mass is 9.95. The smallest absolute Gasteiger partial charge is 0.445 e. The number of urea groups is 1. The standard InChI is InChI=1S/C12H14N3O4/c1-6-7(11(17)19-4)5-8-9(13-6)14(2)12(18)15(3)10(8)16/h5,8H,1-4H3/q+1. The van der Waals surface area contributed by atoms with Gasteiger partial charge in [0.1, 0.15) is 5.71 Å². The molecule has 2 rings (SSSR count). The molecule has 7 heteroatoms. The number of dihydropyridines is 1. The van der Waals surface area contributed by atoms with Crippen LogP contribution in [0.15, 0.2) is 16.6 Å². The molecule has 0 saturated heterocycles. The van der Waals surface area contributed by atoms with E-state index in [1.54, 1.807) is 14.0 Å². The van der Waals surface area contributed by atoms with Gasteiger partial charge in [-0.25, -0.2) is 9.59 Å². The quantitative estimate of drug-likeness (QED) is 0.485. The van der Waals surface area contributed by atoms with Crippen LogP contribution in [0.25, 0.3) is 0 Å². The van der Waals surface area contributed by atoms with E-state index in [1.165, 1.54) is 24.8 Å². The average molecular weight is 264 g/mol. The number of carbonyl (C=O) groups excluding carboxylic acids is 3. The monoisotopic (exact) mass is 264 g/mol. The maximum absolute atomic E-state index is 12.1. The SMILES string of the molecule is COC(=O)C1=CC2C(=O)N(C)C(=O)[N+](C)=C2N=C1C. The van der Waals surface area contributed by atoms with E-state index in [0.29, 0.717) is 11.5 Å². The third-order valence-electron chi connectivity index (χ3n) is 3.20. The number of fused-ring (bicyclic) bond motifs is 1. The van der Waals surface area contributed by atoms with E-state index in [1.807, 2.05) is 0 Å². The molecule has 0 saturated carbocycles. The van der Waals surface area contributed by atoms with Gasteiger partial charge in [-0.05, 0) is 13.0 Å². The Kier molecular flexibility index (Phi) is 3.05. The van der Waals surface area contributed by atoms with Crippen molar-refractivity contribution in [2.45, 2.75) is 6.92 Å². The largest absolute Gasteiger partial charge is 0.465 e.